The number of aromatic nitrogens is 4. The number of ether oxygens (including phenoxy) is 2. The Balaban J connectivity index is 1.54. The lowest BCUT2D eigenvalue weighted by Gasteiger charge is -2.26. The zero-order valence-corrected chi connectivity index (χ0v) is 25.6. The fraction of sp³-hybridized carbons (Fsp3) is 0.355. The Bertz CT molecular complexity index is 1860. The Kier molecular flexibility index (Phi) is 7.87. The molecule has 0 atom stereocenters. The predicted molar refractivity (Wildman–Crippen MR) is 165 cm³/mol. The second kappa shape index (κ2) is 11.6. The number of nitrogens with zero attached hydrogens (tertiary/aromatic N) is 5. The van der Waals surface area contributed by atoms with Crippen LogP contribution in [0.15, 0.2) is 59.8 Å². The molecule has 0 amide bonds. The molecule has 0 spiro atoms. The molecular formula is C31H34ClN5O4S. The van der Waals surface area contributed by atoms with Gasteiger partial charge < -0.3 is 18.9 Å². The number of hydrogen-bond donors (Lipinski definition) is 0. The minimum atomic E-state index is -4.06. The Labute approximate surface area is 250 Å². The summed E-state index contributed by atoms with van der Waals surface area (Å²) in [5, 5.41) is 0.952. The molecule has 42 heavy (non-hydrogen) atoms. The highest BCUT2D eigenvalue weighted by molar-refractivity contribution is 7.90. The lowest BCUT2D eigenvalue weighted by Crippen LogP contribution is -2.31. The average Bonchev–Trinajstić information content (AvgIpc) is 3.56. The number of fused-ring (bicyclic) bond motifs is 2. The molecule has 0 aliphatic carbocycles. The molecule has 6 rings (SSSR count). The van der Waals surface area contributed by atoms with E-state index in [4.69, 9.17) is 26.1 Å². The molecule has 0 saturated carbocycles. The number of likely N-dealkylation sites (tertiary alicyclic amines) is 1. The van der Waals surface area contributed by atoms with Gasteiger partial charge in [-0.25, -0.2) is 22.4 Å². The number of piperidine rings is 1. The summed E-state index contributed by atoms with van der Waals surface area (Å²) in [5.41, 5.74) is 3.70. The minimum absolute atomic E-state index is 0.158. The van der Waals surface area contributed by atoms with Crippen molar-refractivity contribution in [3.8, 4) is 22.9 Å². The molecule has 5 aromatic rings. The summed E-state index contributed by atoms with van der Waals surface area (Å²) < 4.78 is 43.0. The van der Waals surface area contributed by atoms with Crippen LogP contribution in [0.2, 0.25) is 5.02 Å². The molecule has 5 heterocycles. The average molecular weight is 608 g/mol. The Morgan fingerprint density at radius 3 is 2.45 bits per heavy atom. The summed E-state index contributed by atoms with van der Waals surface area (Å²) in [5.74, 6) is 0.821. The summed E-state index contributed by atoms with van der Waals surface area (Å²) in [6.07, 6.45) is 8.22. The van der Waals surface area contributed by atoms with E-state index in [1.165, 1.54) is 36.5 Å². The van der Waals surface area contributed by atoms with E-state index >= 15 is 0 Å². The number of rotatable bonds is 9. The molecule has 0 N–H and O–H groups in total. The van der Waals surface area contributed by atoms with E-state index in [0.717, 1.165) is 43.7 Å². The van der Waals surface area contributed by atoms with E-state index in [1.807, 2.05) is 19.2 Å². The molecule has 11 heteroatoms. The normalized spacial score (nSPS) is 14.6. The lowest BCUT2D eigenvalue weighted by atomic mass is 10.1. The van der Waals surface area contributed by atoms with Crippen molar-refractivity contribution in [2.45, 2.75) is 44.0 Å². The largest absolute Gasteiger partial charge is 0.491 e. The number of hydrogen-bond acceptors (Lipinski definition) is 7. The lowest BCUT2D eigenvalue weighted by molar-refractivity contribution is 0.223. The number of methoxy groups -OCH3 is 2. The van der Waals surface area contributed by atoms with Gasteiger partial charge in [0.05, 0.1) is 35.3 Å². The van der Waals surface area contributed by atoms with Crippen molar-refractivity contribution in [1.82, 2.24) is 23.4 Å². The summed E-state index contributed by atoms with van der Waals surface area (Å²) in [7, 11) is -0.943. The fourth-order valence-electron chi connectivity index (χ4n) is 5.77. The highest BCUT2D eigenvalue weighted by Gasteiger charge is 2.28. The van der Waals surface area contributed by atoms with E-state index in [9.17, 15) is 8.42 Å². The molecule has 0 radical (unpaired) electrons. The standard InChI is InChI=1S/C31H34ClN5O4S/c1-21-8-10-22(11-9-21)42(38,39)37-26(18-23-25(32)12-13-33-30(23)37)24-20-36(17-7-16-35-14-5-4-6-15-35)27-19-28(40-2)31(41-3)34-29(24)27/h8-13,18-20H,4-7,14-17H2,1-3H3. The first-order chi connectivity index (χ1) is 20.3. The number of aryl methyl sites for hydroxylation is 2. The van der Waals surface area contributed by atoms with Crippen LogP contribution in [0.3, 0.4) is 0 Å². The quantitative estimate of drug-likeness (QED) is 0.199. The first-order valence-electron chi connectivity index (χ1n) is 14.1. The van der Waals surface area contributed by atoms with Crippen molar-refractivity contribution in [2.24, 2.45) is 0 Å². The van der Waals surface area contributed by atoms with E-state index in [1.54, 1.807) is 43.5 Å². The monoisotopic (exact) mass is 607 g/mol. The van der Waals surface area contributed by atoms with Crippen LogP contribution in [0.1, 0.15) is 31.2 Å². The highest BCUT2D eigenvalue weighted by atomic mass is 35.5. The number of benzene rings is 1. The number of halogens is 1. The molecule has 1 aliphatic heterocycles. The second-order valence-corrected chi connectivity index (χ2v) is 12.9. The van der Waals surface area contributed by atoms with Crippen LogP contribution in [-0.4, -0.2) is 65.7 Å². The highest BCUT2D eigenvalue weighted by Crippen LogP contribution is 2.40. The van der Waals surface area contributed by atoms with Gasteiger partial charge in [-0.05, 0) is 70.1 Å². The number of pyridine rings is 2. The van der Waals surface area contributed by atoms with Crippen LogP contribution in [0.5, 0.6) is 11.6 Å². The molecule has 1 saturated heterocycles. The van der Waals surface area contributed by atoms with Gasteiger partial charge in [0.25, 0.3) is 15.9 Å². The van der Waals surface area contributed by atoms with Crippen LogP contribution in [0, 0.1) is 6.92 Å². The van der Waals surface area contributed by atoms with Crippen LogP contribution < -0.4 is 9.47 Å². The molecular weight excluding hydrogens is 574 g/mol. The van der Waals surface area contributed by atoms with Gasteiger partial charge >= 0.3 is 0 Å². The molecule has 0 unspecified atom stereocenters. The third kappa shape index (κ3) is 5.12. The maximum Gasteiger partial charge on any atom is 0.269 e. The fourth-order valence-corrected chi connectivity index (χ4v) is 7.44. The first-order valence-corrected chi connectivity index (χ1v) is 16.0. The summed E-state index contributed by atoms with van der Waals surface area (Å²) in [4.78, 5) is 12.0. The maximum absolute atomic E-state index is 14.2. The Morgan fingerprint density at radius 2 is 1.74 bits per heavy atom. The maximum atomic E-state index is 14.2. The third-order valence-corrected chi connectivity index (χ3v) is 10.0. The topological polar surface area (TPSA) is 91.5 Å². The van der Waals surface area contributed by atoms with Gasteiger partial charge in [-0.15, -0.1) is 0 Å². The van der Waals surface area contributed by atoms with Gasteiger partial charge in [0.15, 0.2) is 11.4 Å². The van der Waals surface area contributed by atoms with Crippen molar-refractivity contribution in [2.75, 3.05) is 33.9 Å². The zero-order valence-electron chi connectivity index (χ0n) is 24.0. The van der Waals surface area contributed by atoms with E-state index < -0.39 is 10.0 Å². The summed E-state index contributed by atoms with van der Waals surface area (Å²) in [6.45, 7) is 5.91. The van der Waals surface area contributed by atoms with Crippen molar-refractivity contribution in [1.29, 1.82) is 0 Å². The molecule has 220 valence electrons. The predicted octanol–water partition coefficient (Wildman–Crippen LogP) is 6.15. The molecule has 4 aromatic heterocycles. The third-order valence-electron chi connectivity index (χ3n) is 7.96. The van der Waals surface area contributed by atoms with Gasteiger partial charge in [0.1, 0.15) is 5.52 Å². The SMILES string of the molecule is COc1cc2c(nc1OC)c(-c1cc3c(Cl)ccnc3n1S(=O)(=O)c1ccc(C)cc1)cn2CCCN1CCCCC1. The van der Waals surface area contributed by atoms with Gasteiger partial charge in [-0.3, -0.25) is 0 Å². The van der Waals surface area contributed by atoms with Gasteiger partial charge in [0, 0.05) is 36.0 Å². The van der Waals surface area contributed by atoms with E-state index in [2.05, 4.69) is 14.5 Å². The van der Waals surface area contributed by atoms with Crippen molar-refractivity contribution in [3.05, 3.63) is 65.4 Å². The van der Waals surface area contributed by atoms with E-state index in [-0.39, 0.29) is 10.5 Å². The van der Waals surface area contributed by atoms with Crippen LogP contribution in [0.4, 0.5) is 0 Å². The summed E-state index contributed by atoms with van der Waals surface area (Å²) >= 11 is 6.59. The summed E-state index contributed by atoms with van der Waals surface area (Å²) in [6, 6.07) is 12.1. The molecule has 1 aliphatic rings. The van der Waals surface area contributed by atoms with Gasteiger partial charge in [-0.2, -0.15) is 0 Å². The van der Waals surface area contributed by atoms with Gasteiger partial charge in [0.2, 0.25) is 0 Å². The molecule has 0 bridgehead atoms. The zero-order chi connectivity index (χ0) is 29.4. The Morgan fingerprint density at radius 1 is 0.976 bits per heavy atom. The second-order valence-electron chi connectivity index (χ2n) is 10.7. The first kappa shape index (κ1) is 28.5. The van der Waals surface area contributed by atoms with Crippen molar-refractivity contribution >= 4 is 43.7 Å². The van der Waals surface area contributed by atoms with Crippen LogP contribution >= 0.6 is 11.6 Å². The van der Waals surface area contributed by atoms with Crippen LogP contribution in [-0.2, 0) is 16.6 Å². The van der Waals surface area contributed by atoms with Crippen molar-refractivity contribution < 1.29 is 17.9 Å². The Hall–Kier alpha value is -3.60. The van der Waals surface area contributed by atoms with Crippen LogP contribution in [0.25, 0.3) is 33.3 Å². The molecule has 9 nitrogen and oxygen atoms in total. The molecule has 1 aromatic carbocycles. The van der Waals surface area contributed by atoms with E-state index in [0.29, 0.717) is 38.8 Å². The smallest absolute Gasteiger partial charge is 0.269 e. The molecule has 1 fully saturated rings. The van der Waals surface area contributed by atoms with Gasteiger partial charge in [-0.1, -0.05) is 35.7 Å². The minimum Gasteiger partial charge on any atom is -0.491 e. The van der Waals surface area contributed by atoms with Crippen molar-refractivity contribution in [3.63, 3.8) is 0 Å².